The number of aryl methyl sites for hydroxylation is 1. The van der Waals surface area contributed by atoms with Gasteiger partial charge < -0.3 is 52.1 Å². The topological polar surface area (TPSA) is 299 Å². The van der Waals surface area contributed by atoms with Crippen LogP contribution in [0.15, 0.2) is 297 Å². The smallest absolute Gasteiger partial charge is 0.416 e. The average molecular weight is 1690 g/mol. The number of carbonyl (C=O) groups is 5. The summed E-state index contributed by atoms with van der Waals surface area (Å²) < 4.78 is 76.2. The minimum Gasteiger partial charge on any atom is -0.508 e. The molecule has 10 aromatic carbocycles. The third-order valence-corrected chi connectivity index (χ3v) is 21.8. The molecule has 0 aliphatic rings. The molecule has 0 unspecified atom stereocenters. The van der Waals surface area contributed by atoms with Gasteiger partial charge in [-0.1, -0.05) is 92.2 Å². The molecule has 18 nitrogen and oxygen atoms in total. The zero-order chi connectivity index (χ0) is 85.6. The van der Waals surface area contributed by atoms with Crippen molar-refractivity contribution in [2.75, 3.05) is 26.6 Å². The Morgan fingerprint density at radius 3 is 1.04 bits per heavy atom. The highest BCUT2D eigenvalue weighted by atomic mass is 32.1. The van der Waals surface area contributed by atoms with Crippen molar-refractivity contribution in [1.82, 2.24) is 10.2 Å². The van der Waals surface area contributed by atoms with E-state index in [1.165, 1.54) is 94.2 Å². The number of phenolic OH excluding ortho intramolecular Hbond substituents is 5. The number of alkyl halides is 6. The Morgan fingerprint density at radius 2 is 0.692 bits per heavy atom. The first-order valence-electron chi connectivity index (χ1n) is 36.4. The molecule has 0 spiro atoms. The lowest BCUT2D eigenvalue weighted by atomic mass is 10.0. The molecule has 15 rings (SSSR count). The maximum Gasteiger partial charge on any atom is 0.416 e. The molecule has 606 valence electrons. The lowest BCUT2D eigenvalue weighted by Crippen LogP contribution is -2.12. The van der Waals surface area contributed by atoms with E-state index < -0.39 is 23.5 Å². The number of anilines is 5. The summed E-state index contributed by atoms with van der Waals surface area (Å²) in [5.74, 6) is 0.0710. The number of nitrogens with zero attached hydrogens (tertiary/aromatic N) is 2. The molecule has 5 amide bonds. The van der Waals surface area contributed by atoms with Crippen molar-refractivity contribution in [2.45, 2.75) is 39.5 Å². The van der Waals surface area contributed by atoms with E-state index in [2.05, 4.69) is 81.0 Å². The first-order chi connectivity index (χ1) is 57.4. The van der Waals surface area contributed by atoms with Crippen LogP contribution in [0.3, 0.4) is 0 Å². The van der Waals surface area contributed by atoms with Crippen molar-refractivity contribution < 1.29 is 75.8 Å². The molecule has 0 fully saturated rings. The van der Waals surface area contributed by atoms with E-state index in [1.54, 1.807) is 140 Å². The van der Waals surface area contributed by atoms with Crippen molar-refractivity contribution in [3.05, 3.63) is 350 Å². The number of H-pyrrole nitrogens is 1. The number of thiophene rings is 4. The lowest BCUT2D eigenvalue weighted by molar-refractivity contribution is -0.138. The maximum absolute atomic E-state index is 12.8. The van der Waals surface area contributed by atoms with Crippen LogP contribution < -0.4 is 26.6 Å². The van der Waals surface area contributed by atoms with E-state index in [0.717, 1.165) is 79.7 Å². The Morgan fingerprint density at radius 1 is 0.375 bits per heavy atom. The van der Waals surface area contributed by atoms with Gasteiger partial charge in [0.2, 0.25) is 0 Å². The van der Waals surface area contributed by atoms with E-state index in [1.807, 2.05) is 61.5 Å². The van der Waals surface area contributed by atoms with Gasteiger partial charge in [0.05, 0.1) is 48.0 Å². The highest BCUT2D eigenvalue weighted by molar-refractivity contribution is 7.18. The van der Waals surface area contributed by atoms with Crippen LogP contribution in [-0.2, 0) is 18.8 Å². The minimum absolute atomic E-state index is 0.0842. The monoisotopic (exact) mass is 1690 g/mol. The van der Waals surface area contributed by atoms with Crippen LogP contribution in [0, 0.1) is 24.2 Å². The van der Waals surface area contributed by atoms with Crippen molar-refractivity contribution in [3.8, 4) is 87.8 Å². The fraction of sp³-hybridized carbons (Fsp3) is 0.0761. The summed E-state index contributed by atoms with van der Waals surface area (Å²) in [5, 5.41) is 75.7. The number of aromatic nitrogens is 2. The fourth-order valence-corrected chi connectivity index (χ4v) is 14.7. The number of benzene rings is 10. The third-order valence-electron chi connectivity index (χ3n) is 17.3. The number of aromatic hydroxyl groups is 5. The van der Waals surface area contributed by atoms with Crippen LogP contribution in [0.25, 0.3) is 53.0 Å². The Bertz CT molecular complexity index is 6030. The Labute approximate surface area is 700 Å². The number of aromatic amines is 1. The van der Waals surface area contributed by atoms with E-state index in [9.17, 15) is 75.8 Å². The molecule has 0 aliphatic heterocycles. The summed E-state index contributed by atoms with van der Waals surface area (Å²) in [6.07, 6.45) is -7.71. The minimum atomic E-state index is -4.41. The second-order valence-corrected chi connectivity index (χ2v) is 31.2. The van der Waals surface area contributed by atoms with Gasteiger partial charge in [-0.15, -0.1) is 45.3 Å². The van der Waals surface area contributed by atoms with Gasteiger partial charge >= 0.3 is 12.4 Å². The highest BCUT2D eigenvalue weighted by Gasteiger charge is 2.32. The predicted octanol–water partition coefficient (Wildman–Crippen LogP) is 23.9. The second kappa shape index (κ2) is 40.0. The molecule has 0 aliphatic carbocycles. The molecule has 0 radical (unpaired) electrons. The average Bonchev–Trinajstić information content (AvgIpc) is 1.65. The highest BCUT2D eigenvalue weighted by Crippen LogP contribution is 2.38. The van der Waals surface area contributed by atoms with Crippen LogP contribution in [0.5, 0.6) is 28.7 Å². The fourth-order valence-electron chi connectivity index (χ4n) is 11.1. The predicted molar refractivity (Wildman–Crippen MR) is 461 cm³/mol. The number of hydrogen-bond donors (Lipinski definition) is 11. The zero-order valence-corrected chi connectivity index (χ0v) is 66.9. The van der Waals surface area contributed by atoms with Crippen LogP contribution in [-0.4, -0.2) is 65.3 Å². The molecule has 5 heterocycles. The van der Waals surface area contributed by atoms with Crippen molar-refractivity contribution in [3.63, 3.8) is 0 Å². The number of halogens is 6. The molecule has 5 aromatic heterocycles. The second-order valence-electron chi connectivity index (χ2n) is 26.8. The summed E-state index contributed by atoms with van der Waals surface area (Å²) >= 11 is 5.15. The van der Waals surface area contributed by atoms with E-state index in [4.69, 9.17) is 5.26 Å². The SMILES string of the molecule is CC(C)Cc1ccc(-c2ccc(C(=O)Nc3ccc(O)cc3)s2)cc1.Cc1ccc(NC(=O)c2cc(-c3ccc(O)cc3)n[nH]2)cc1.N#Cc1ccc(-c2ccc(C(=O)Nc3ccc(O)cc3)s2)cc1.O=C(Nc1ccc(O)cc1)c1ccc(-c2ccc(C(F)(F)F)cc2)s1.O=C(Nc1ccc(O)cc1)c1ccc(-c2cccc(C(F)(F)F)c2)s1. The molecule has 0 saturated carbocycles. The lowest BCUT2D eigenvalue weighted by Gasteiger charge is -2.07. The molecule has 120 heavy (non-hydrogen) atoms. The molecule has 15 aromatic rings. The number of nitrogens with one attached hydrogen (secondary N) is 6. The van der Waals surface area contributed by atoms with Gasteiger partial charge in [0, 0.05) is 53.5 Å². The zero-order valence-electron chi connectivity index (χ0n) is 63.6. The van der Waals surface area contributed by atoms with Crippen LogP contribution in [0.1, 0.15) is 90.8 Å². The number of hydrogen-bond acceptors (Lipinski definition) is 16. The molecular formula is C92H72F6N8O10S4. The standard InChI is InChI=1S/C21H21NO2S.2C18H12F3NO2S.C18H12N2O2S.C17H15N3O2/c1-14(2)13-15-3-5-16(6-4-15)19-11-12-20(25-19)21(24)22-17-7-9-18(23)10-8-17;19-18(20,21)12-3-1-11(2-4-12)15-9-10-16(25-15)17(24)22-13-5-7-14(23)8-6-13;19-18(20,21)12-3-1-2-11(10-12)15-8-9-16(25-15)17(24)22-13-4-6-14(23)7-5-13;19-11-12-1-3-13(4-2-12)16-9-10-17(23-16)18(22)20-14-5-7-15(21)8-6-14;1-11-2-6-13(7-3-11)18-17(22)16-10-15(19-20-16)12-4-8-14(21)9-5-12/h3-12,14,23H,13H2,1-2H3,(H,22,24);2*1-10,23H,(H,22,24);1-10,21H,(H,20,22);2-10,21H,1H3,(H,18,22)(H,19,20). The van der Waals surface area contributed by atoms with Crippen LogP contribution in [0.2, 0.25) is 0 Å². The Kier molecular flexibility index (Phi) is 28.8. The van der Waals surface area contributed by atoms with Crippen molar-refractivity contribution in [1.29, 1.82) is 5.26 Å². The number of rotatable bonds is 17. The van der Waals surface area contributed by atoms with Gasteiger partial charge in [0.25, 0.3) is 29.5 Å². The van der Waals surface area contributed by atoms with Gasteiger partial charge in [-0.2, -0.15) is 36.7 Å². The number of amides is 5. The Hall–Kier alpha value is -14.4. The van der Waals surface area contributed by atoms with E-state index in [0.29, 0.717) is 86.0 Å². The number of nitriles is 1. The summed E-state index contributed by atoms with van der Waals surface area (Å²) in [5.41, 5.74) is 9.67. The maximum atomic E-state index is 12.8. The summed E-state index contributed by atoms with van der Waals surface area (Å²) in [4.78, 5) is 66.6. The molecule has 0 bridgehead atoms. The summed E-state index contributed by atoms with van der Waals surface area (Å²) in [6.45, 7) is 6.42. The van der Waals surface area contributed by atoms with Crippen molar-refractivity contribution >= 4 is 103 Å². The summed E-state index contributed by atoms with van der Waals surface area (Å²) in [7, 11) is 0. The van der Waals surface area contributed by atoms with Crippen LogP contribution >= 0.6 is 45.3 Å². The Balaban J connectivity index is 0.000000147. The van der Waals surface area contributed by atoms with Gasteiger partial charge in [-0.05, 0) is 272 Å². The van der Waals surface area contributed by atoms with E-state index >= 15 is 0 Å². The number of carbonyl (C=O) groups excluding carboxylic acids is 5. The van der Waals surface area contributed by atoms with E-state index in [-0.39, 0.29) is 58.3 Å². The van der Waals surface area contributed by atoms with Crippen LogP contribution in [0.4, 0.5) is 54.8 Å². The molecular weight excluding hydrogens is 1620 g/mol. The molecule has 0 saturated heterocycles. The first-order valence-corrected chi connectivity index (χ1v) is 39.7. The normalized spacial score (nSPS) is 10.8. The largest absolute Gasteiger partial charge is 0.508 e. The molecule has 11 N–H and O–H groups in total. The van der Waals surface area contributed by atoms with Gasteiger partial charge in [0.15, 0.2) is 0 Å². The summed E-state index contributed by atoms with van der Waals surface area (Å²) in [6, 6.07) is 82.3. The van der Waals surface area contributed by atoms with Gasteiger partial charge in [-0.25, -0.2) is 0 Å². The van der Waals surface area contributed by atoms with Crippen molar-refractivity contribution in [2.24, 2.45) is 5.92 Å². The van der Waals surface area contributed by atoms with Gasteiger partial charge in [0.1, 0.15) is 34.4 Å². The molecule has 0 atom stereocenters. The third kappa shape index (κ3) is 25.1. The number of phenols is 5. The first kappa shape index (κ1) is 86.5. The molecule has 28 heteroatoms. The van der Waals surface area contributed by atoms with Gasteiger partial charge in [-0.3, -0.25) is 29.1 Å². The quantitative estimate of drug-likeness (QED) is 0.0300.